The smallest absolute Gasteiger partial charge is 0.253 e. The molecule has 5 nitrogen and oxygen atoms in total. The number of ketones is 2. The van der Waals surface area contributed by atoms with E-state index in [2.05, 4.69) is 4.98 Å². The topological polar surface area (TPSA) is 67.3 Å². The van der Waals surface area contributed by atoms with Gasteiger partial charge in [0.15, 0.2) is 5.78 Å². The fraction of sp³-hybridized carbons (Fsp3) is 0.167. The van der Waals surface area contributed by atoms with E-state index in [1.54, 1.807) is 35.2 Å². The van der Waals surface area contributed by atoms with Crippen molar-refractivity contribution in [2.75, 3.05) is 13.1 Å². The molecule has 0 radical (unpaired) electrons. The van der Waals surface area contributed by atoms with Crippen LogP contribution in [0.3, 0.4) is 0 Å². The highest BCUT2D eigenvalue weighted by Gasteiger charge is 2.21. The summed E-state index contributed by atoms with van der Waals surface area (Å²) in [5, 5.41) is 1.05. The van der Waals surface area contributed by atoms with Crippen molar-refractivity contribution in [1.29, 1.82) is 0 Å². The van der Waals surface area contributed by atoms with Crippen molar-refractivity contribution >= 4 is 34.5 Å². The maximum atomic E-state index is 12.5. The Morgan fingerprint density at radius 1 is 0.862 bits per heavy atom. The highest BCUT2D eigenvalue weighted by Crippen LogP contribution is 2.15. The zero-order valence-corrected chi connectivity index (χ0v) is 15.9. The second-order valence-electron chi connectivity index (χ2n) is 7.03. The molecule has 0 aliphatic carbocycles. The van der Waals surface area contributed by atoms with Crippen LogP contribution < -0.4 is 0 Å². The van der Waals surface area contributed by atoms with Gasteiger partial charge in [0.1, 0.15) is 5.78 Å². The number of hydrogen-bond acceptors (Lipinski definition) is 4. The second-order valence-corrected chi connectivity index (χ2v) is 7.03. The van der Waals surface area contributed by atoms with E-state index in [0.29, 0.717) is 42.8 Å². The van der Waals surface area contributed by atoms with E-state index in [4.69, 9.17) is 0 Å². The van der Waals surface area contributed by atoms with Gasteiger partial charge in [-0.25, -0.2) is 4.98 Å². The molecule has 1 aromatic heterocycles. The molecule has 2 aromatic carbocycles. The Balaban J connectivity index is 1.44. The third-order valence-electron chi connectivity index (χ3n) is 5.05. The van der Waals surface area contributed by atoms with E-state index in [0.717, 1.165) is 10.9 Å². The summed E-state index contributed by atoms with van der Waals surface area (Å²) < 4.78 is 0. The lowest BCUT2D eigenvalue weighted by atomic mass is 10.0. The molecule has 144 valence electrons. The third kappa shape index (κ3) is 4.29. The first kappa shape index (κ1) is 18.7. The Bertz CT molecular complexity index is 1110. The fourth-order valence-electron chi connectivity index (χ4n) is 3.35. The van der Waals surface area contributed by atoms with Crippen LogP contribution in [0.4, 0.5) is 0 Å². The predicted octanol–water partition coefficient (Wildman–Crippen LogP) is 3.94. The Morgan fingerprint density at radius 2 is 1.55 bits per heavy atom. The van der Waals surface area contributed by atoms with E-state index in [1.165, 1.54) is 6.08 Å². The van der Waals surface area contributed by atoms with Gasteiger partial charge >= 0.3 is 0 Å². The number of para-hydroxylation sites is 1. The first-order valence-corrected chi connectivity index (χ1v) is 9.59. The summed E-state index contributed by atoms with van der Waals surface area (Å²) in [6.07, 6.45) is 4.01. The summed E-state index contributed by atoms with van der Waals surface area (Å²) in [4.78, 5) is 42.5. The third-order valence-corrected chi connectivity index (χ3v) is 5.05. The number of amides is 1. The summed E-state index contributed by atoms with van der Waals surface area (Å²) in [7, 11) is 0. The second kappa shape index (κ2) is 8.19. The average Bonchev–Trinajstić information content (AvgIpc) is 2.77. The van der Waals surface area contributed by atoms with Crippen molar-refractivity contribution in [3.05, 3.63) is 83.6 Å². The summed E-state index contributed by atoms with van der Waals surface area (Å²) in [6, 6.07) is 18.3. The number of likely N-dealkylation sites (tertiary alicyclic amines) is 1. The molecule has 0 N–H and O–H groups in total. The maximum Gasteiger partial charge on any atom is 0.253 e. The molecule has 5 heteroatoms. The molecule has 3 aromatic rings. The predicted molar refractivity (Wildman–Crippen MR) is 112 cm³/mol. The number of aromatic nitrogens is 1. The highest BCUT2D eigenvalue weighted by atomic mass is 16.2. The van der Waals surface area contributed by atoms with Crippen LogP contribution in [0.5, 0.6) is 0 Å². The largest absolute Gasteiger partial charge is 0.338 e. The van der Waals surface area contributed by atoms with Crippen molar-refractivity contribution in [1.82, 2.24) is 9.88 Å². The van der Waals surface area contributed by atoms with Crippen LogP contribution in [0.25, 0.3) is 17.0 Å². The number of Topliss-reactive ketones (excluding diaryl/α,β-unsaturated/α-hetero) is 1. The van der Waals surface area contributed by atoms with E-state index in [-0.39, 0.29) is 17.5 Å². The molecule has 1 aliphatic rings. The van der Waals surface area contributed by atoms with Gasteiger partial charge in [-0.15, -0.1) is 0 Å². The molecule has 0 atom stereocenters. The van der Waals surface area contributed by atoms with Gasteiger partial charge in [0.2, 0.25) is 0 Å². The summed E-state index contributed by atoms with van der Waals surface area (Å²) >= 11 is 0. The van der Waals surface area contributed by atoms with Crippen LogP contribution in [0.1, 0.15) is 39.3 Å². The van der Waals surface area contributed by atoms with E-state index in [1.807, 2.05) is 36.4 Å². The Labute approximate surface area is 168 Å². The lowest BCUT2D eigenvalue weighted by Gasteiger charge is -2.26. The average molecular weight is 384 g/mol. The molecule has 0 bridgehead atoms. The van der Waals surface area contributed by atoms with Crippen LogP contribution in [0.2, 0.25) is 0 Å². The molecular weight excluding hydrogens is 364 g/mol. The molecule has 1 amide bonds. The number of piperidine rings is 1. The summed E-state index contributed by atoms with van der Waals surface area (Å²) in [5.74, 6) is -0.0578. The molecule has 29 heavy (non-hydrogen) atoms. The van der Waals surface area contributed by atoms with Crippen LogP contribution in [-0.2, 0) is 4.79 Å². The van der Waals surface area contributed by atoms with Crippen LogP contribution in [0.15, 0.2) is 66.7 Å². The monoisotopic (exact) mass is 384 g/mol. The van der Waals surface area contributed by atoms with Crippen molar-refractivity contribution in [2.45, 2.75) is 12.8 Å². The molecule has 1 fully saturated rings. The first-order chi connectivity index (χ1) is 14.1. The highest BCUT2D eigenvalue weighted by molar-refractivity contribution is 6.07. The standard InChI is InChI=1S/C24H20N2O3/c27-21-13-15-26(16-14-21)24(29)19-7-5-18(6-8-19)23(28)12-11-20-10-9-17-3-1-2-4-22(17)25-20/h1-12H,13-16H2. The number of hydrogen-bond donors (Lipinski definition) is 0. The lowest BCUT2D eigenvalue weighted by Crippen LogP contribution is -2.38. The Hall–Kier alpha value is -3.60. The van der Waals surface area contributed by atoms with Crippen LogP contribution in [-0.4, -0.2) is 40.4 Å². The number of fused-ring (bicyclic) bond motifs is 1. The van der Waals surface area contributed by atoms with Gasteiger partial charge in [-0.2, -0.15) is 0 Å². The number of nitrogens with zero attached hydrogens (tertiary/aromatic N) is 2. The fourth-order valence-corrected chi connectivity index (χ4v) is 3.35. The molecule has 1 aliphatic heterocycles. The van der Waals surface area contributed by atoms with Gasteiger partial charge in [0.05, 0.1) is 11.2 Å². The van der Waals surface area contributed by atoms with Gasteiger partial charge in [0.25, 0.3) is 5.91 Å². The Kier molecular flexibility index (Phi) is 5.29. The first-order valence-electron chi connectivity index (χ1n) is 9.59. The normalized spacial score (nSPS) is 14.5. The van der Waals surface area contributed by atoms with Gasteiger partial charge in [-0.3, -0.25) is 14.4 Å². The minimum Gasteiger partial charge on any atom is -0.338 e. The molecular formula is C24H20N2O3. The zero-order chi connectivity index (χ0) is 20.2. The molecule has 2 heterocycles. The van der Waals surface area contributed by atoms with Crippen molar-refractivity contribution < 1.29 is 14.4 Å². The van der Waals surface area contributed by atoms with Gasteiger partial charge in [0, 0.05) is 42.4 Å². The maximum absolute atomic E-state index is 12.5. The van der Waals surface area contributed by atoms with E-state index >= 15 is 0 Å². The minimum atomic E-state index is -0.150. The number of benzene rings is 2. The van der Waals surface area contributed by atoms with E-state index < -0.39 is 0 Å². The summed E-state index contributed by atoms with van der Waals surface area (Å²) in [6.45, 7) is 0.916. The number of carbonyl (C=O) groups is 3. The lowest BCUT2D eigenvalue weighted by molar-refractivity contribution is -0.120. The number of allylic oxidation sites excluding steroid dienone is 1. The van der Waals surface area contributed by atoms with Gasteiger partial charge in [-0.05, 0) is 36.4 Å². The van der Waals surface area contributed by atoms with Crippen molar-refractivity contribution in [3.63, 3.8) is 0 Å². The van der Waals surface area contributed by atoms with E-state index in [9.17, 15) is 14.4 Å². The van der Waals surface area contributed by atoms with Gasteiger partial charge < -0.3 is 4.90 Å². The number of pyridine rings is 1. The van der Waals surface area contributed by atoms with Crippen LogP contribution in [0, 0.1) is 0 Å². The van der Waals surface area contributed by atoms with Crippen molar-refractivity contribution in [2.24, 2.45) is 0 Å². The SMILES string of the molecule is O=C1CCN(C(=O)c2ccc(C(=O)C=Cc3ccc4ccccc4n3)cc2)CC1. The quantitative estimate of drug-likeness (QED) is 0.505. The molecule has 4 rings (SSSR count). The molecule has 0 unspecified atom stereocenters. The molecule has 1 saturated heterocycles. The summed E-state index contributed by atoms with van der Waals surface area (Å²) in [5.41, 5.74) is 2.62. The van der Waals surface area contributed by atoms with Gasteiger partial charge in [-0.1, -0.05) is 36.4 Å². The molecule has 0 saturated carbocycles. The molecule has 0 spiro atoms. The number of rotatable bonds is 4. The minimum absolute atomic E-state index is 0.104. The zero-order valence-electron chi connectivity index (χ0n) is 15.9. The van der Waals surface area contributed by atoms with Crippen molar-refractivity contribution in [3.8, 4) is 0 Å². The Morgan fingerprint density at radius 3 is 2.31 bits per heavy atom. The van der Waals surface area contributed by atoms with Crippen LogP contribution >= 0.6 is 0 Å². The number of carbonyl (C=O) groups excluding carboxylic acids is 3.